The van der Waals surface area contributed by atoms with Gasteiger partial charge in [0.2, 0.25) is 0 Å². The van der Waals surface area contributed by atoms with E-state index >= 15 is 0 Å². The van der Waals surface area contributed by atoms with Crippen molar-refractivity contribution in [3.63, 3.8) is 0 Å². The van der Waals surface area contributed by atoms with Gasteiger partial charge in [0.05, 0.1) is 5.69 Å². The predicted molar refractivity (Wildman–Crippen MR) is 77.6 cm³/mol. The van der Waals surface area contributed by atoms with Crippen LogP contribution < -0.4 is 5.32 Å². The summed E-state index contributed by atoms with van der Waals surface area (Å²) < 4.78 is 0. The number of rotatable bonds is 3. The predicted octanol–water partition coefficient (Wildman–Crippen LogP) is 2.87. The molecule has 1 N–H and O–H groups in total. The highest BCUT2D eigenvalue weighted by Gasteiger charge is 2.27. The van der Waals surface area contributed by atoms with Crippen molar-refractivity contribution in [2.24, 2.45) is 5.16 Å². The van der Waals surface area contributed by atoms with Crippen molar-refractivity contribution in [3.05, 3.63) is 65.2 Å². The maximum atomic E-state index is 11.9. The smallest absolute Gasteiger partial charge is 0.278 e. The molecule has 0 bridgehead atoms. The fourth-order valence-electron chi connectivity index (χ4n) is 2.16. The van der Waals surface area contributed by atoms with Crippen LogP contribution in [0.1, 0.15) is 16.7 Å². The highest BCUT2D eigenvalue weighted by Crippen LogP contribution is 2.27. The van der Waals surface area contributed by atoms with Gasteiger partial charge in [0.15, 0.2) is 5.71 Å². The quantitative estimate of drug-likeness (QED) is 0.868. The lowest BCUT2D eigenvalue weighted by Crippen LogP contribution is -2.14. The molecule has 0 atom stereocenters. The van der Waals surface area contributed by atoms with Crippen LogP contribution in [0.4, 0.5) is 5.69 Å². The first-order chi connectivity index (χ1) is 9.75. The lowest BCUT2D eigenvalue weighted by atomic mass is 10.1. The van der Waals surface area contributed by atoms with Gasteiger partial charge in [0, 0.05) is 5.56 Å². The molecule has 2 aromatic carbocycles. The van der Waals surface area contributed by atoms with Gasteiger partial charge in [-0.05, 0) is 18.1 Å². The Balaban J connectivity index is 1.79. The number of hydrogen-bond donors (Lipinski definition) is 1. The van der Waals surface area contributed by atoms with Crippen LogP contribution in [0.3, 0.4) is 0 Å². The number of aryl methyl sites for hydroxylation is 1. The van der Waals surface area contributed by atoms with Crippen molar-refractivity contribution in [3.8, 4) is 0 Å². The van der Waals surface area contributed by atoms with Gasteiger partial charge in [-0.15, -0.1) is 0 Å². The fourth-order valence-corrected chi connectivity index (χ4v) is 2.16. The number of carbonyl (C=O) groups is 1. The summed E-state index contributed by atoms with van der Waals surface area (Å²) in [6, 6.07) is 15.4. The Kier molecular flexibility index (Phi) is 3.21. The molecule has 1 aliphatic rings. The monoisotopic (exact) mass is 266 g/mol. The first-order valence-electron chi connectivity index (χ1n) is 6.41. The summed E-state index contributed by atoms with van der Waals surface area (Å²) in [5.74, 6) is -0.220. The van der Waals surface area contributed by atoms with E-state index in [0.29, 0.717) is 12.3 Å². The summed E-state index contributed by atoms with van der Waals surface area (Å²) in [7, 11) is 0. The molecule has 1 heterocycles. The summed E-state index contributed by atoms with van der Waals surface area (Å²) in [4.78, 5) is 17.2. The van der Waals surface area contributed by atoms with Crippen molar-refractivity contribution >= 4 is 17.3 Å². The minimum atomic E-state index is -0.220. The number of benzene rings is 2. The number of para-hydroxylation sites is 1. The second-order valence-electron chi connectivity index (χ2n) is 4.65. The van der Waals surface area contributed by atoms with E-state index in [9.17, 15) is 4.79 Å². The number of nitrogens with one attached hydrogen (secondary N) is 1. The first-order valence-corrected chi connectivity index (χ1v) is 6.41. The van der Waals surface area contributed by atoms with E-state index in [1.165, 1.54) is 0 Å². The van der Waals surface area contributed by atoms with Gasteiger partial charge < -0.3 is 10.2 Å². The van der Waals surface area contributed by atoms with Crippen LogP contribution in [0, 0.1) is 6.92 Å². The van der Waals surface area contributed by atoms with Crippen molar-refractivity contribution in [2.45, 2.75) is 13.5 Å². The molecule has 2 aromatic rings. The molecule has 0 spiro atoms. The van der Waals surface area contributed by atoms with Crippen molar-refractivity contribution < 1.29 is 9.63 Å². The SMILES string of the molecule is Cc1cccc2c1NC(=O)C2=NOCc1ccccc1. The third-order valence-electron chi connectivity index (χ3n) is 3.21. The Morgan fingerprint density at radius 3 is 2.70 bits per heavy atom. The molecular weight excluding hydrogens is 252 g/mol. The van der Waals surface area contributed by atoms with Crippen LogP contribution in [-0.4, -0.2) is 11.6 Å². The summed E-state index contributed by atoms with van der Waals surface area (Å²) in [5, 5.41) is 6.80. The Bertz CT molecular complexity index is 678. The van der Waals surface area contributed by atoms with Crippen LogP contribution in [-0.2, 0) is 16.2 Å². The van der Waals surface area contributed by atoms with E-state index in [1.807, 2.05) is 55.5 Å². The van der Waals surface area contributed by atoms with Crippen LogP contribution in [0.25, 0.3) is 0 Å². The third-order valence-corrected chi connectivity index (χ3v) is 3.21. The van der Waals surface area contributed by atoms with Crippen molar-refractivity contribution in [2.75, 3.05) is 5.32 Å². The van der Waals surface area contributed by atoms with E-state index in [2.05, 4.69) is 10.5 Å². The molecule has 1 amide bonds. The molecule has 0 saturated heterocycles. The lowest BCUT2D eigenvalue weighted by molar-refractivity contribution is -0.110. The molecule has 20 heavy (non-hydrogen) atoms. The summed E-state index contributed by atoms with van der Waals surface area (Å²) in [6.45, 7) is 2.30. The zero-order valence-corrected chi connectivity index (χ0v) is 11.1. The largest absolute Gasteiger partial charge is 0.390 e. The summed E-state index contributed by atoms with van der Waals surface area (Å²) in [6.07, 6.45) is 0. The van der Waals surface area contributed by atoms with Crippen LogP contribution in [0.5, 0.6) is 0 Å². The number of nitrogens with zero attached hydrogens (tertiary/aromatic N) is 1. The summed E-state index contributed by atoms with van der Waals surface area (Å²) >= 11 is 0. The Morgan fingerprint density at radius 1 is 1.10 bits per heavy atom. The number of hydrogen-bond acceptors (Lipinski definition) is 3. The van der Waals surface area contributed by atoms with Crippen molar-refractivity contribution in [1.29, 1.82) is 0 Å². The van der Waals surface area contributed by atoms with E-state index in [1.54, 1.807) is 0 Å². The number of carbonyl (C=O) groups excluding carboxylic acids is 1. The van der Waals surface area contributed by atoms with Gasteiger partial charge in [-0.2, -0.15) is 0 Å². The highest BCUT2D eigenvalue weighted by molar-refractivity contribution is 6.53. The molecule has 0 fully saturated rings. The zero-order chi connectivity index (χ0) is 13.9. The molecule has 0 aliphatic carbocycles. The number of amides is 1. The van der Waals surface area contributed by atoms with Crippen LogP contribution >= 0.6 is 0 Å². The Hall–Kier alpha value is -2.62. The Morgan fingerprint density at radius 2 is 1.90 bits per heavy atom. The average molecular weight is 266 g/mol. The molecular formula is C16H14N2O2. The normalized spacial score (nSPS) is 15.1. The second-order valence-corrected chi connectivity index (χ2v) is 4.65. The topological polar surface area (TPSA) is 50.7 Å². The Labute approximate surface area is 117 Å². The molecule has 100 valence electrons. The molecule has 3 rings (SSSR count). The lowest BCUT2D eigenvalue weighted by Gasteiger charge is -2.01. The molecule has 0 aromatic heterocycles. The van der Waals surface area contributed by atoms with E-state index in [-0.39, 0.29) is 5.91 Å². The number of fused-ring (bicyclic) bond motifs is 1. The highest BCUT2D eigenvalue weighted by atomic mass is 16.6. The average Bonchev–Trinajstić information content (AvgIpc) is 2.78. The molecule has 0 radical (unpaired) electrons. The summed E-state index contributed by atoms with van der Waals surface area (Å²) in [5.41, 5.74) is 3.98. The van der Waals surface area contributed by atoms with Gasteiger partial charge >= 0.3 is 0 Å². The molecule has 4 heteroatoms. The minimum Gasteiger partial charge on any atom is -0.390 e. The minimum absolute atomic E-state index is 0.220. The van der Waals surface area contributed by atoms with Gasteiger partial charge in [-0.3, -0.25) is 4.79 Å². The molecule has 0 saturated carbocycles. The van der Waals surface area contributed by atoms with Gasteiger partial charge in [-0.25, -0.2) is 0 Å². The third kappa shape index (κ3) is 2.28. The fraction of sp³-hybridized carbons (Fsp3) is 0.125. The molecule has 1 aliphatic heterocycles. The van der Waals surface area contributed by atoms with Gasteiger partial charge in [-0.1, -0.05) is 53.7 Å². The molecule has 4 nitrogen and oxygen atoms in total. The maximum absolute atomic E-state index is 11.9. The van der Waals surface area contributed by atoms with Gasteiger partial charge in [0.1, 0.15) is 6.61 Å². The number of anilines is 1. The zero-order valence-electron chi connectivity index (χ0n) is 11.1. The second kappa shape index (κ2) is 5.17. The first kappa shape index (κ1) is 12.4. The standard InChI is InChI=1S/C16H14N2O2/c1-11-6-5-9-13-14(11)17-16(19)15(13)18-20-10-12-7-3-2-4-8-12/h2-9H,10H2,1H3,(H,17,18,19). The van der Waals surface area contributed by atoms with E-state index < -0.39 is 0 Å². The number of oxime groups is 1. The van der Waals surface area contributed by atoms with Crippen LogP contribution in [0.15, 0.2) is 53.7 Å². The maximum Gasteiger partial charge on any atom is 0.278 e. The van der Waals surface area contributed by atoms with E-state index in [4.69, 9.17) is 4.84 Å². The van der Waals surface area contributed by atoms with Crippen molar-refractivity contribution in [1.82, 2.24) is 0 Å². The van der Waals surface area contributed by atoms with Crippen LogP contribution in [0.2, 0.25) is 0 Å². The van der Waals surface area contributed by atoms with Gasteiger partial charge in [0.25, 0.3) is 5.91 Å². The molecule has 0 unspecified atom stereocenters. The van der Waals surface area contributed by atoms with E-state index in [0.717, 1.165) is 22.4 Å².